The highest BCUT2D eigenvalue weighted by atomic mass is 19.4. The Hall–Kier alpha value is -1.75. The molecule has 1 aliphatic carbocycles. The highest BCUT2D eigenvalue weighted by Gasteiger charge is 2.36. The Morgan fingerprint density at radius 1 is 1.15 bits per heavy atom. The van der Waals surface area contributed by atoms with E-state index >= 15 is 0 Å². The number of rotatable bonds is 3. The first kappa shape index (κ1) is 19.0. The summed E-state index contributed by atoms with van der Waals surface area (Å²) in [6.45, 7) is 0.606. The molecule has 3 rings (SSSR count). The molecule has 1 aromatic rings. The largest absolute Gasteiger partial charge is 0.418 e. The maximum atomic E-state index is 13.4. The SMILES string of the molecule is OCC#Cc1ccc(C(F)(F)F)c(N2CCC(OC3CC(O)C3)CC2)c1. The Balaban J connectivity index is 1.71. The summed E-state index contributed by atoms with van der Waals surface area (Å²) in [6.07, 6.45) is -2.04. The van der Waals surface area contributed by atoms with Crippen LogP contribution in [0.2, 0.25) is 0 Å². The number of nitrogens with zero attached hydrogens (tertiary/aromatic N) is 1. The van der Waals surface area contributed by atoms with Gasteiger partial charge in [0.1, 0.15) is 6.61 Å². The predicted octanol–water partition coefficient (Wildman–Crippen LogP) is 2.56. The van der Waals surface area contributed by atoms with Crippen molar-refractivity contribution in [2.45, 2.75) is 50.2 Å². The zero-order chi connectivity index (χ0) is 18.7. The second kappa shape index (κ2) is 7.87. The summed E-state index contributed by atoms with van der Waals surface area (Å²) in [6, 6.07) is 3.82. The molecule has 1 saturated carbocycles. The number of aliphatic hydroxyl groups excluding tert-OH is 2. The Labute approximate surface area is 150 Å². The summed E-state index contributed by atoms with van der Waals surface area (Å²) in [5.41, 5.74) is -0.0998. The van der Waals surface area contributed by atoms with Crippen LogP contribution < -0.4 is 4.90 Å². The lowest BCUT2D eigenvalue weighted by Gasteiger charge is -2.39. The van der Waals surface area contributed by atoms with Crippen molar-refractivity contribution in [3.8, 4) is 11.8 Å². The molecule has 1 aliphatic heterocycles. The zero-order valence-corrected chi connectivity index (χ0v) is 14.3. The van der Waals surface area contributed by atoms with Gasteiger partial charge >= 0.3 is 6.18 Å². The summed E-state index contributed by atoms with van der Waals surface area (Å²) in [7, 11) is 0. The zero-order valence-electron chi connectivity index (χ0n) is 14.3. The molecule has 26 heavy (non-hydrogen) atoms. The Morgan fingerprint density at radius 2 is 1.85 bits per heavy atom. The molecule has 0 atom stereocenters. The second-order valence-corrected chi connectivity index (χ2v) is 6.76. The lowest BCUT2D eigenvalue weighted by molar-refractivity contribution is -0.137. The van der Waals surface area contributed by atoms with Crippen LogP contribution in [0.1, 0.15) is 36.8 Å². The summed E-state index contributed by atoms with van der Waals surface area (Å²) >= 11 is 0. The summed E-state index contributed by atoms with van der Waals surface area (Å²) in [4.78, 5) is 1.72. The number of aliphatic hydroxyl groups is 2. The molecule has 2 N–H and O–H groups in total. The van der Waals surface area contributed by atoms with E-state index in [4.69, 9.17) is 9.84 Å². The van der Waals surface area contributed by atoms with Crippen molar-refractivity contribution in [1.82, 2.24) is 0 Å². The van der Waals surface area contributed by atoms with E-state index in [1.807, 2.05) is 0 Å². The van der Waals surface area contributed by atoms with Gasteiger partial charge in [-0.2, -0.15) is 13.2 Å². The van der Waals surface area contributed by atoms with Crippen LogP contribution in [-0.2, 0) is 10.9 Å². The van der Waals surface area contributed by atoms with Gasteiger partial charge in [0.25, 0.3) is 0 Å². The highest BCUT2D eigenvalue weighted by molar-refractivity contribution is 5.59. The number of alkyl halides is 3. The summed E-state index contributed by atoms with van der Waals surface area (Å²) < 4.78 is 46.0. The van der Waals surface area contributed by atoms with Gasteiger partial charge in [0.15, 0.2) is 0 Å². The molecule has 4 nitrogen and oxygen atoms in total. The fourth-order valence-corrected chi connectivity index (χ4v) is 3.41. The smallest absolute Gasteiger partial charge is 0.393 e. The fraction of sp³-hybridized carbons (Fsp3) is 0.579. The first-order valence-corrected chi connectivity index (χ1v) is 8.76. The van der Waals surface area contributed by atoms with Gasteiger partial charge in [-0.3, -0.25) is 0 Å². The Bertz CT molecular complexity index is 681. The lowest BCUT2D eigenvalue weighted by atomic mass is 9.91. The molecule has 0 unspecified atom stereocenters. The topological polar surface area (TPSA) is 52.9 Å². The quantitative estimate of drug-likeness (QED) is 0.804. The first-order valence-electron chi connectivity index (χ1n) is 8.76. The predicted molar refractivity (Wildman–Crippen MR) is 90.8 cm³/mol. The lowest BCUT2D eigenvalue weighted by Crippen LogP contribution is -2.43. The van der Waals surface area contributed by atoms with E-state index in [9.17, 15) is 18.3 Å². The molecule has 2 fully saturated rings. The average molecular weight is 369 g/mol. The van der Waals surface area contributed by atoms with Crippen LogP contribution in [0, 0.1) is 11.8 Å². The standard InChI is InChI=1S/C19H22F3NO3/c20-19(21,22)17-4-3-13(2-1-9-24)10-18(17)23-7-5-15(6-8-23)26-16-11-14(25)12-16/h3-4,10,14-16,24-25H,5-9,11-12H2. The van der Waals surface area contributed by atoms with Gasteiger partial charge in [0.2, 0.25) is 0 Å². The van der Waals surface area contributed by atoms with E-state index in [-0.39, 0.29) is 30.6 Å². The normalized spacial score (nSPS) is 24.0. The molecule has 0 amide bonds. The number of halogens is 3. The first-order chi connectivity index (χ1) is 12.4. The van der Waals surface area contributed by atoms with E-state index in [2.05, 4.69) is 11.8 Å². The number of hydrogen-bond donors (Lipinski definition) is 2. The van der Waals surface area contributed by atoms with Crippen molar-refractivity contribution in [3.05, 3.63) is 29.3 Å². The minimum absolute atomic E-state index is 0.0236. The van der Waals surface area contributed by atoms with Gasteiger partial charge in [-0.05, 0) is 43.9 Å². The third-order valence-electron chi connectivity index (χ3n) is 4.85. The van der Waals surface area contributed by atoms with Crippen LogP contribution in [0.5, 0.6) is 0 Å². The average Bonchev–Trinajstić information content (AvgIpc) is 2.58. The van der Waals surface area contributed by atoms with Gasteiger partial charge in [-0.25, -0.2) is 0 Å². The van der Waals surface area contributed by atoms with Crippen LogP contribution >= 0.6 is 0 Å². The number of piperidine rings is 1. The fourth-order valence-electron chi connectivity index (χ4n) is 3.41. The molecular weight excluding hydrogens is 347 g/mol. The maximum absolute atomic E-state index is 13.4. The van der Waals surface area contributed by atoms with E-state index < -0.39 is 11.7 Å². The van der Waals surface area contributed by atoms with Crippen LogP contribution in [0.15, 0.2) is 18.2 Å². The van der Waals surface area contributed by atoms with Crippen molar-refractivity contribution < 1.29 is 28.1 Å². The number of hydrogen-bond acceptors (Lipinski definition) is 4. The molecule has 7 heteroatoms. The maximum Gasteiger partial charge on any atom is 0.418 e. The molecule has 0 aromatic heterocycles. The van der Waals surface area contributed by atoms with Gasteiger partial charge in [-0.15, -0.1) is 0 Å². The molecule has 0 radical (unpaired) electrons. The van der Waals surface area contributed by atoms with E-state index in [0.29, 0.717) is 44.3 Å². The van der Waals surface area contributed by atoms with E-state index in [1.54, 1.807) is 4.90 Å². The minimum Gasteiger partial charge on any atom is -0.393 e. The summed E-state index contributed by atoms with van der Waals surface area (Å²) in [5.74, 6) is 5.13. The molecule has 142 valence electrons. The Morgan fingerprint density at radius 3 is 2.42 bits per heavy atom. The number of ether oxygens (including phenoxy) is 1. The Kier molecular flexibility index (Phi) is 5.76. The van der Waals surface area contributed by atoms with Crippen molar-refractivity contribution in [2.24, 2.45) is 0 Å². The van der Waals surface area contributed by atoms with Gasteiger partial charge in [-0.1, -0.05) is 11.8 Å². The monoisotopic (exact) mass is 369 g/mol. The molecule has 1 heterocycles. The second-order valence-electron chi connectivity index (χ2n) is 6.76. The third-order valence-corrected chi connectivity index (χ3v) is 4.85. The molecule has 1 saturated heterocycles. The summed E-state index contributed by atoms with van der Waals surface area (Å²) in [5, 5.41) is 18.1. The van der Waals surface area contributed by atoms with E-state index in [1.165, 1.54) is 12.1 Å². The van der Waals surface area contributed by atoms with Crippen LogP contribution in [0.25, 0.3) is 0 Å². The van der Waals surface area contributed by atoms with E-state index in [0.717, 1.165) is 6.07 Å². The van der Waals surface area contributed by atoms with Gasteiger partial charge in [0, 0.05) is 18.7 Å². The van der Waals surface area contributed by atoms with Crippen molar-refractivity contribution in [2.75, 3.05) is 24.6 Å². The van der Waals surface area contributed by atoms with Crippen LogP contribution in [-0.4, -0.2) is 48.2 Å². The van der Waals surface area contributed by atoms with Crippen molar-refractivity contribution in [3.63, 3.8) is 0 Å². The third kappa shape index (κ3) is 4.50. The number of benzene rings is 1. The van der Waals surface area contributed by atoms with Crippen LogP contribution in [0.4, 0.5) is 18.9 Å². The minimum atomic E-state index is -4.44. The van der Waals surface area contributed by atoms with Crippen LogP contribution in [0.3, 0.4) is 0 Å². The van der Waals surface area contributed by atoms with Gasteiger partial charge < -0.3 is 19.8 Å². The van der Waals surface area contributed by atoms with Crippen molar-refractivity contribution >= 4 is 5.69 Å². The molecule has 2 aliphatic rings. The number of anilines is 1. The van der Waals surface area contributed by atoms with Crippen molar-refractivity contribution in [1.29, 1.82) is 0 Å². The molecule has 0 bridgehead atoms. The highest BCUT2D eigenvalue weighted by Crippen LogP contribution is 2.38. The van der Waals surface area contributed by atoms with Gasteiger partial charge in [0.05, 0.1) is 29.6 Å². The molecule has 1 aromatic carbocycles. The molecule has 0 spiro atoms. The molecular formula is C19H22F3NO3.